The average Bonchev–Trinajstić information content (AvgIpc) is 3.07. The molecule has 0 bridgehead atoms. The molecule has 2 fully saturated rings. The van der Waals surface area contributed by atoms with Gasteiger partial charge in [-0.1, -0.05) is 76.3 Å². The molecule has 0 aromatic heterocycles. The van der Waals surface area contributed by atoms with Crippen molar-refractivity contribution in [1.29, 1.82) is 0 Å². The largest absolute Gasteiger partial charge is 0.444 e. The third-order valence-electron chi connectivity index (χ3n) is 7.88. The number of rotatable bonds is 7. The number of carbonyl (C=O) groups is 2. The number of benzene rings is 1. The van der Waals surface area contributed by atoms with Crippen molar-refractivity contribution in [2.75, 3.05) is 7.05 Å². The highest BCUT2D eigenvalue weighted by atomic mass is 16.6. The number of ether oxygens (including phenoxy) is 2. The molecule has 1 N–H and O–H groups in total. The van der Waals surface area contributed by atoms with Crippen molar-refractivity contribution < 1.29 is 19.1 Å². The maximum absolute atomic E-state index is 13.5. The van der Waals surface area contributed by atoms with E-state index >= 15 is 0 Å². The molecule has 1 saturated carbocycles. The first kappa shape index (κ1) is 25.5. The van der Waals surface area contributed by atoms with Crippen molar-refractivity contribution in [3.8, 4) is 0 Å². The van der Waals surface area contributed by atoms with Gasteiger partial charge in [-0.25, -0.2) is 4.79 Å². The van der Waals surface area contributed by atoms with Crippen molar-refractivity contribution in [2.24, 2.45) is 17.3 Å². The normalized spacial score (nSPS) is 25.0. The maximum Gasteiger partial charge on any atom is 0.412 e. The van der Waals surface area contributed by atoms with Gasteiger partial charge < -0.3 is 14.8 Å². The van der Waals surface area contributed by atoms with Crippen molar-refractivity contribution in [3.05, 3.63) is 35.9 Å². The fourth-order valence-corrected chi connectivity index (χ4v) is 5.63. The molecule has 33 heavy (non-hydrogen) atoms. The standard InChI is InChI=1S/C27H42N2O4/c1-19(2)27(5,24(30)28-6)23-22(17-20-13-9-7-10-14-20)29(26(3,4)33-23)25(31)32-18-21-15-11-8-12-16-21/h8,11-12,15-16,19-20,22-23H,7,9-10,13-14,17-18H2,1-6H3,(H,28,30)/t22-,23+,27-/m0/s1. The zero-order valence-corrected chi connectivity index (χ0v) is 21.2. The Morgan fingerprint density at radius 1 is 1.18 bits per heavy atom. The molecule has 1 heterocycles. The molecule has 1 aliphatic heterocycles. The van der Waals surface area contributed by atoms with Crippen LogP contribution in [0.5, 0.6) is 0 Å². The summed E-state index contributed by atoms with van der Waals surface area (Å²) in [6.07, 6.45) is 6.08. The van der Waals surface area contributed by atoms with E-state index in [2.05, 4.69) is 19.2 Å². The Labute approximate surface area is 199 Å². The van der Waals surface area contributed by atoms with Gasteiger partial charge in [-0.3, -0.25) is 9.69 Å². The first-order valence-electron chi connectivity index (χ1n) is 12.5. The summed E-state index contributed by atoms with van der Waals surface area (Å²) in [5.74, 6) is 0.508. The van der Waals surface area contributed by atoms with Crippen LogP contribution >= 0.6 is 0 Å². The highest BCUT2D eigenvalue weighted by Gasteiger charge is 2.59. The molecule has 6 nitrogen and oxygen atoms in total. The summed E-state index contributed by atoms with van der Waals surface area (Å²) in [4.78, 5) is 28.4. The monoisotopic (exact) mass is 458 g/mol. The van der Waals surface area contributed by atoms with Crippen LogP contribution in [0.2, 0.25) is 0 Å². The van der Waals surface area contributed by atoms with Crippen molar-refractivity contribution in [1.82, 2.24) is 10.2 Å². The SMILES string of the molecule is CNC(=O)[C@@](C)(C(C)C)[C@@H]1OC(C)(C)N(C(=O)OCc2ccccc2)[C@H]1CC1CCCCC1. The summed E-state index contributed by atoms with van der Waals surface area (Å²) in [6, 6.07) is 9.48. The Balaban J connectivity index is 1.92. The number of nitrogens with zero attached hydrogens (tertiary/aromatic N) is 1. The highest BCUT2D eigenvalue weighted by molar-refractivity contribution is 5.83. The first-order chi connectivity index (χ1) is 15.6. The molecule has 2 amide bonds. The summed E-state index contributed by atoms with van der Waals surface area (Å²) in [6.45, 7) is 10.1. The molecule has 1 aromatic carbocycles. The molecule has 1 aliphatic carbocycles. The van der Waals surface area contributed by atoms with E-state index in [0.29, 0.717) is 5.92 Å². The number of amides is 2. The quantitative estimate of drug-likeness (QED) is 0.585. The Morgan fingerprint density at radius 2 is 1.82 bits per heavy atom. The van der Waals surface area contributed by atoms with Gasteiger partial charge >= 0.3 is 6.09 Å². The predicted octanol–water partition coefficient (Wildman–Crippen LogP) is 5.51. The summed E-state index contributed by atoms with van der Waals surface area (Å²) in [5.41, 5.74) is -0.705. The van der Waals surface area contributed by atoms with Gasteiger partial charge in [0, 0.05) is 7.05 Å². The van der Waals surface area contributed by atoms with E-state index in [4.69, 9.17) is 9.47 Å². The van der Waals surface area contributed by atoms with Crippen molar-refractivity contribution in [3.63, 3.8) is 0 Å². The molecule has 6 heteroatoms. The van der Waals surface area contributed by atoms with E-state index in [-0.39, 0.29) is 30.6 Å². The lowest BCUT2D eigenvalue weighted by molar-refractivity contribution is -0.151. The van der Waals surface area contributed by atoms with Gasteiger partial charge in [0.1, 0.15) is 12.3 Å². The van der Waals surface area contributed by atoms with Gasteiger partial charge in [-0.15, -0.1) is 0 Å². The van der Waals surface area contributed by atoms with E-state index in [1.54, 1.807) is 11.9 Å². The summed E-state index contributed by atoms with van der Waals surface area (Å²) >= 11 is 0. The second-order valence-electron chi connectivity index (χ2n) is 10.7. The molecular formula is C27H42N2O4. The van der Waals surface area contributed by atoms with Crippen LogP contribution in [0.1, 0.15) is 78.7 Å². The van der Waals surface area contributed by atoms with Gasteiger partial charge in [0.25, 0.3) is 0 Å². The molecule has 184 valence electrons. The molecule has 3 rings (SSSR count). The maximum atomic E-state index is 13.5. The Hall–Kier alpha value is -2.08. The van der Waals surface area contributed by atoms with E-state index in [0.717, 1.165) is 24.8 Å². The minimum absolute atomic E-state index is 0.0346. The summed E-state index contributed by atoms with van der Waals surface area (Å²) in [5, 5.41) is 2.85. The summed E-state index contributed by atoms with van der Waals surface area (Å²) in [7, 11) is 1.67. The van der Waals surface area contributed by atoms with Crippen LogP contribution in [-0.4, -0.2) is 41.8 Å². The number of carbonyl (C=O) groups excluding carboxylic acids is 2. The van der Waals surface area contributed by atoms with E-state index in [9.17, 15) is 9.59 Å². The van der Waals surface area contributed by atoms with Crippen LogP contribution < -0.4 is 5.32 Å². The lowest BCUT2D eigenvalue weighted by Crippen LogP contribution is -2.55. The van der Waals surface area contributed by atoms with Gasteiger partial charge in [-0.2, -0.15) is 0 Å². The van der Waals surface area contributed by atoms with Crippen LogP contribution in [0.25, 0.3) is 0 Å². The van der Waals surface area contributed by atoms with Crippen LogP contribution in [0.15, 0.2) is 30.3 Å². The number of hydrogen-bond donors (Lipinski definition) is 1. The van der Waals surface area contributed by atoms with Crippen LogP contribution in [0.3, 0.4) is 0 Å². The lowest BCUT2D eigenvalue weighted by Gasteiger charge is -2.41. The van der Waals surface area contributed by atoms with Crippen LogP contribution in [0, 0.1) is 17.3 Å². The molecule has 1 aromatic rings. The number of nitrogens with one attached hydrogen (secondary N) is 1. The number of hydrogen-bond acceptors (Lipinski definition) is 4. The van der Waals surface area contributed by atoms with Gasteiger partial charge in [0.2, 0.25) is 5.91 Å². The van der Waals surface area contributed by atoms with E-state index in [1.807, 2.05) is 51.1 Å². The molecule has 2 aliphatic rings. The molecule has 0 spiro atoms. The fourth-order valence-electron chi connectivity index (χ4n) is 5.63. The third-order valence-corrected chi connectivity index (χ3v) is 7.88. The Morgan fingerprint density at radius 3 is 2.39 bits per heavy atom. The fraction of sp³-hybridized carbons (Fsp3) is 0.704. The second kappa shape index (κ2) is 10.5. The van der Waals surface area contributed by atoms with Gasteiger partial charge in [-0.05, 0) is 44.6 Å². The average molecular weight is 459 g/mol. The molecule has 0 unspecified atom stereocenters. The minimum Gasteiger partial charge on any atom is -0.444 e. The summed E-state index contributed by atoms with van der Waals surface area (Å²) < 4.78 is 12.4. The molecule has 0 radical (unpaired) electrons. The third kappa shape index (κ3) is 5.37. The topological polar surface area (TPSA) is 67.9 Å². The van der Waals surface area contributed by atoms with E-state index in [1.165, 1.54) is 19.3 Å². The van der Waals surface area contributed by atoms with E-state index < -0.39 is 17.2 Å². The zero-order chi connectivity index (χ0) is 24.2. The van der Waals surface area contributed by atoms with Crippen molar-refractivity contribution in [2.45, 2.75) is 97.6 Å². The zero-order valence-electron chi connectivity index (χ0n) is 21.2. The van der Waals surface area contributed by atoms with Crippen LogP contribution in [0.4, 0.5) is 4.79 Å². The first-order valence-corrected chi connectivity index (χ1v) is 12.5. The lowest BCUT2D eigenvalue weighted by atomic mass is 9.69. The van der Waals surface area contributed by atoms with Crippen molar-refractivity contribution >= 4 is 12.0 Å². The minimum atomic E-state index is -0.873. The molecular weight excluding hydrogens is 416 g/mol. The van der Waals surface area contributed by atoms with Gasteiger partial charge in [0.05, 0.1) is 17.6 Å². The van der Waals surface area contributed by atoms with Crippen LogP contribution in [-0.2, 0) is 20.9 Å². The predicted molar refractivity (Wildman–Crippen MR) is 129 cm³/mol. The van der Waals surface area contributed by atoms with Gasteiger partial charge in [0.15, 0.2) is 0 Å². The Bertz CT molecular complexity index is 804. The smallest absolute Gasteiger partial charge is 0.412 e. The molecule has 1 saturated heterocycles. The second-order valence-corrected chi connectivity index (χ2v) is 10.7. The molecule has 3 atom stereocenters. The Kier molecular flexibility index (Phi) is 8.09. The highest BCUT2D eigenvalue weighted by Crippen LogP contribution is 2.47.